The van der Waals surface area contributed by atoms with E-state index in [2.05, 4.69) is 6.08 Å². The number of aliphatic hydroxyl groups is 1. The van der Waals surface area contributed by atoms with Gasteiger partial charge in [-0.05, 0) is 61.7 Å². The molecule has 4 bridgehead atoms. The Labute approximate surface area is 130 Å². The molecule has 0 heterocycles. The molecule has 4 aliphatic rings. The Morgan fingerprint density at radius 2 is 1.78 bits per heavy atom. The van der Waals surface area contributed by atoms with E-state index in [1.165, 1.54) is 12.5 Å². The van der Waals surface area contributed by atoms with Crippen LogP contribution in [0.1, 0.15) is 45.4 Å². The Bertz CT molecular complexity index is 506. The summed E-state index contributed by atoms with van der Waals surface area (Å²) in [6.07, 6.45) is -6.80. The van der Waals surface area contributed by atoms with Crippen molar-refractivity contribution in [3.05, 3.63) is 11.6 Å². The quantitative estimate of drug-likeness (QED) is 0.565. The summed E-state index contributed by atoms with van der Waals surface area (Å²) in [5.41, 5.74) is -3.98. The van der Waals surface area contributed by atoms with Gasteiger partial charge in [-0.15, -0.1) is 0 Å². The van der Waals surface area contributed by atoms with Crippen molar-refractivity contribution in [1.29, 1.82) is 0 Å². The summed E-state index contributed by atoms with van der Waals surface area (Å²) in [5.74, 6) is -0.196. The number of alkyl halides is 6. The van der Waals surface area contributed by atoms with E-state index in [1.54, 1.807) is 0 Å². The van der Waals surface area contributed by atoms with E-state index in [9.17, 15) is 31.4 Å². The molecule has 4 rings (SSSR count). The van der Waals surface area contributed by atoms with Gasteiger partial charge in [0.25, 0.3) is 5.60 Å². The van der Waals surface area contributed by atoms with Crippen LogP contribution in [0.15, 0.2) is 11.6 Å². The summed E-state index contributed by atoms with van der Waals surface area (Å²) in [5, 5.41) is 9.49. The van der Waals surface area contributed by atoms with Crippen molar-refractivity contribution in [3.8, 4) is 0 Å². The molecule has 1 N–H and O–H groups in total. The van der Waals surface area contributed by atoms with Gasteiger partial charge in [-0.3, -0.25) is 0 Å². The van der Waals surface area contributed by atoms with E-state index in [-0.39, 0.29) is 5.92 Å². The van der Waals surface area contributed by atoms with Crippen LogP contribution in [-0.4, -0.2) is 23.1 Å². The minimum atomic E-state index is -5.72. The number of hydrogen-bond acceptors (Lipinski definition) is 1. The Morgan fingerprint density at radius 1 is 1.17 bits per heavy atom. The molecule has 4 atom stereocenters. The standard InChI is InChI=1S/C16H20F6O/c1-9(5-14(23,15(17,18)19)16(20,21)22)13-6-10-2-11(7-13)4-12(3-10)8-13/h2,9-10,12,23H,3-8H2,1H3/t9-,10?,12?,13?/m1/s1. The fourth-order valence-corrected chi connectivity index (χ4v) is 5.19. The maximum absolute atomic E-state index is 13.0. The lowest BCUT2D eigenvalue weighted by Gasteiger charge is -2.56. The van der Waals surface area contributed by atoms with E-state index in [0.29, 0.717) is 25.2 Å². The van der Waals surface area contributed by atoms with Crippen molar-refractivity contribution in [2.45, 2.75) is 63.4 Å². The topological polar surface area (TPSA) is 20.2 Å². The molecule has 0 aromatic rings. The van der Waals surface area contributed by atoms with E-state index in [1.807, 2.05) is 0 Å². The zero-order chi connectivity index (χ0) is 17.3. The summed E-state index contributed by atoms with van der Waals surface area (Å²) in [7, 11) is 0. The third-order valence-corrected chi connectivity index (χ3v) is 6.19. The van der Waals surface area contributed by atoms with Gasteiger partial charge in [-0.25, -0.2) is 0 Å². The molecule has 0 aromatic heterocycles. The number of allylic oxidation sites excluding steroid dienone is 2. The van der Waals surface area contributed by atoms with E-state index in [0.717, 1.165) is 12.8 Å². The van der Waals surface area contributed by atoms with Gasteiger partial charge >= 0.3 is 12.4 Å². The fourth-order valence-electron chi connectivity index (χ4n) is 5.19. The van der Waals surface area contributed by atoms with Gasteiger partial charge in [0, 0.05) is 0 Å². The van der Waals surface area contributed by atoms with Crippen LogP contribution in [0.3, 0.4) is 0 Å². The number of hydrogen-bond donors (Lipinski definition) is 1. The second-order valence-corrected chi connectivity index (χ2v) is 7.80. The molecule has 0 spiro atoms. The first kappa shape index (κ1) is 17.1. The van der Waals surface area contributed by atoms with Crippen LogP contribution in [0, 0.1) is 23.2 Å². The van der Waals surface area contributed by atoms with Crippen LogP contribution in [-0.2, 0) is 0 Å². The van der Waals surface area contributed by atoms with Crippen molar-refractivity contribution in [1.82, 2.24) is 0 Å². The monoisotopic (exact) mass is 342 g/mol. The average molecular weight is 342 g/mol. The molecule has 0 amide bonds. The first-order valence-electron chi connectivity index (χ1n) is 7.92. The summed E-state index contributed by atoms with van der Waals surface area (Å²) in [6.45, 7) is 1.44. The van der Waals surface area contributed by atoms with Crippen LogP contribution in [0.4, 0.5) is 26.3 Å². The van der Waals surface area contributed by atoms with Crippen LogP contribution in [0.25, 0.3) is 0 Å². The second-order valence-electron chi connectivity index (χ2n) is 7.80. The highest BCUT2D eigenvalue weighted by Crippen LogP contribution is 2.62. The molecule has 2 fully saturated rings. The Hall–Kier alpha value is -0.720. The van der Waals surface area contributed by atoms with Gasteiger partial charge in [0.15, 0.2) is 0 Å². The Kier molecular flexibility index (Phi) is 3.64. The predicted molar refractivity (Wildman–Crippen MR) is 71.4 cm³/mol. The average Bonchev–Trinajstić information content (AvgIpc) is 2.34. The largest absolute Gasteiger partial charge is 0.426 e. The SMILES string of the molecule is C[C@H](CC(O)(C(F)(F)F)C(F)(F)F)C12CC3=CC(CC(C3)C1)C2. The summed E-state index contributed by atoms with van der Waals surface area (Å²) < 4.78 is 77.7. The van der Waals surface area contributed by atoms with Crippen molar-refractivity contribution in [3.63, 3.8) is 0 Å². The lowest BCUT2D eigenvalue weighted by atomic mass is 9.49. The third kappa shape index (κ3) is 2.59. The molecular formula is C16H20F6O. The molecule has 0 aliphatic heterocycles. The maximum atomic E-state index is 13.0. The molecule has 4 aliphatic carbocycles. The Balaban J connectivity index is 1.86. The normalized spacial score (nSPS) is 35.4. The van der Waals surface area contributed by atoms with Crippen LogP contribution < -0.4 is 0 Å². The van der Waals surface area contributed by atoms with Crippen molar-refractivity contribution in [2.24, 2.45) is 23.2 Å². The molecule has 0 radical (unpaired) electrons. The van der Waals surface area contributed by atoms with Crippen LogP contribution in [0.2, 0.25) is 0 Å². The number of halogens is 6. The number of rotatable bonds is 3. The lowest BCUT2D eigenvalue weighted by molar-refractivity contribution is -0.374. The van der Waals surface area contributed by atoms with E-state index < -0.39 is 35.7 Å². The highest BCUT2D eigenvalue weighted by Gasteiger charge is 2.71. The third-order valence-electron chi connectivity index (χ3n) is 6.19. The smallest absolute Gasteiger partial charge is 0.374 e. The minimum Gasteiger partial charge on any atom is -0.374 e. The van der Waals surface area contributed by atoms with Gasteiger partial charge in [0.1, 0.15) is 0 Å². The van der Waals surface area contributed by atoms with E-state index >= 15 is 0 Å². The zero-order valence-corrected chi connectivity index (χ0v) is 12.8. The highest BCUT2D eigenvalue weighted by molar-refractivity contribution is 5.22. The fraction of sp³-hybridized carbons (Fsp3) is 0.875. The summed E-state index contributed by atoms with van der Waals surface area (Å²) in [6, 6.07) is 0. The second kappa shape index (κ2) is 4.90. The summed E-state index contributed by atoms with van der Waals surface area (Å²) >= 11 is 0. The zero-order valence-electron chi connectivity index (χ0n) is 12.8. The molecule has 0 saturated heterocycles. The minimum absolute atomic E-state index is 0.276. The summed E-state index contributed by atoms with van der Waals surface area (Å²) in [4.78, 5) is 0. The van der Waals surface area contributed by atoms with Crippen LogP contribution >= 0.6 is 0 Å². The molecule has 7 heteroatoms. The first-order valence-corrected chi connectivity index (χ1v) is 7.92. The molecule has 1 nitrogen and oxygen atoms in total. The Morgan fingerprint density at radius 3 is 2.26 bits per heavy atom. The molecule has 2 saturated carbocycles. The molecule has 23 heavy (non-hydrogen) atoms. The molecule has 3 unspecified atom stereocenters. The predicted octanol–water partition coefficient (Wildman–Crippen LogP) is 5.00. The van der Waals surface area contributed by atoms with Crippen molar-refractivity contribution >= 4 is 0 Å². The van der Waals surface area contributed by atoms with Gasteiger partial charge in [0.2, 0.25) is 0 Å². The van der Waals surface area contributed by atoms with Crippen LogP contribution in [0.5, 0.6) is 0 Å². The highest BCUT2D eigenvalue weighted by atomic mass is 19.4. The molecule has 132 valence electrons. The molecular weight excluding hydrogens is 322 g/mol. The van der Waals surface area contributed by atoms with Gasteiger partial charge in [-0.1, -0.05) is 18.6 Å². The van der Waals surface area contributed by atoms with Crippen molar-refractivity contribution in [2.75, 3.05) is 0 Å². The lowest BCUT2D eigenvalue weighted by Crippen LogP contribution is -2.59. The van der Waals surface area contributed by atoms with Gasteiger partial charge in [0.05, 0.1) is 0 Å². The van der Waals surface area contributed by atoms with Gasteiger partial charge in [-0.2, -0.15) is 26.3 Å². The van der Waals surface area contributed by atoms with E-state index in [4.69, 9.17) is 0 Å². The maximum Gasteiger partial charge on any atom is 0.426 e. The van der Waals surface area contributed by atoms with Crippen molar-refractivity contribution < 1.29 is 31.4 Å². The van der Waals surface area contributed by atoms with Gasteiger partial charge < -0.3 is 5.11 Å². The first-order chi connectivity index (χ1) is 10.4. The molecule has 0 aromatic carbocycles.